The molecular formula is C17H24O3. The van der Waals surface area contributed by atoms with E-state index in [1.807, 2.05) is 18.2 Å². The molecule has 1 aromatic carbocycles. The van der Waals surface area contributed by atoms with Gasteiger partial charge in [0.1, 0.15) is 0 Å². The van der Waals surface area contributed by atoms with E-state index in [1.54, 1.807) is 7.11 Å². The first-order valence-corrected chi connectivity index (χ1v) is 7.19. The fourth-order valence-corrected chi connectivity index (χ4v) is 2.96. The summed E-state index contributed by atoms with van der Waals surface area (Å²) in [5.41, 5.74) is 1.15. The molecule has 1 aliphatic heterocycles. The van der Waals surface area contributed by atoms with Crippen LogP contribution in [0.2, 0.25) is 0 Å². The Hall–Kier alpha value is -1.16. The summed E-state index contributed by atoms with van der Waals surface area (Å²) in [6.07, 6.45) is 4.04. The first kappa shape index (κ1) is 15.2. The Labute approximate surface area is 121 Å². The predicted molar refractivity (Wildman–Crippen MR) is 80.3 cm³/mol. The lowest BCUT2D eigenvalue weighted by atomic mass is 9.82. The van der Waals surface area contributed by atoms with Crippen molar-refractivity contribution in [2.45, 2.75) is 32.2 Å². The van der Waals surface area contributed by atoms with Crippen molar-refractivity contribution in [2.24, 2.45) is 11.8 Å². The second kappa shape index (κ2) is 7.02. The second-order valence-corrected chi connectivity index (χ2v) is 5.51. The van der Waals surface area contributed by atoms with Gasteiger partial charge in [0, 0.05) is 18.9 Å². The molecule has 110 valence electrons. The van der Waals surface area contributed by atoms with Crippen molar-refractivity contribution in [2.75, 3.05) is 13.7 Å². The SMILES string of the molecule is CO[C@H]1[C@@H](C)[C@@H](CO)O[C@@H](/C=C/c2ccccc2)[C@H]1C. The van der Waals surface area contributed by atoms with E-state index in [0.717, 1.165) is 5.56 Å². The van der Waals surface area contributed by atoms with Gasteiger partial charge in [-0.05, 0) is 5.56 Å². The number of rotatable bonds is 4. The number of hydrogen-bond acceptors (Lipinski definition) is 3. The molecule has 1 aliphatic rings. The standard InChI is InChI=1S/C17H24O3/c1-12-15(10-9-14-7-5-4-6-8-14)20-16(11-18)13(2)17(12)19-3/h4-10,12-13,15-18H,11H2,1-3H3/b10-9+/t12-,13+,15+,16-,17-/m1/s1. The van der Waals surface area contributed by atoms with Crippen LogP contribution in [0, 0.1) is 11.8 Å². The van der Waals surface area contributed by atoms with Crippen molar-refractivity contribution in [3.63, 3.8) is 0 Å². The molecule has 1 N–H and O–H groups in total. The van der Waals surface area contributed by atoms with Gasteiger partial charge in [-0.1, -0.05) is 56.3 Å². The topological polar surface area (TPSA) is 38.7 Å². The average Bonchev–Trinajstić information content (AvgIpc) is 2.48. The zero-order valence-corrected chi connectivity index (χ0v) is 12.4. The summed E-state index contributed by atoms with van der Waals surface area (Å²) >= 11 is 0. The molecule has 2 rings (SSSR count). The van der Waals surface area contributed by atoms with Gasteiger partial charge in [0.15, 0.2) is 0 Å². The molecule has 20 heavy (non-hydrogen) atoms. The lowest BCUT2D eigenvalue weighted by Gasteiger charge is -2.42. The third-order valence-corrected chi connectivity index (χ3v) is 4.20. The fourth-order valence-electron chi connectivity index (χ4n) is 2.96. The van der Waals surface area contributed by atoms with E-state index in [0.29, 0.717) is 0 Å². The molecule has 5 atom stereocenters. The summed E-state index contributed by atoms with van der Waals surface area (Å²) in [5, 5.41) is 9.46. The summed E-state index contributed by atoms with van der Waals surface area (Å²) in [6.45, 7) is 4.24. The normalized spacial score (nSPS) is 34.5. The zero-order valence-electron chi connectivity index (χ0n) is 12.4. The van der Waals surface area contributed by atoms with Gasteiger partial charge in [0.2, 0.25) is 0 Å². The largest absolute Gasteiger partial charge is 0.394 e. The molecule has 0 aliphatic carbocycles. The van der Waals surface area contributed by atoms with Crippen LogP contribution < -0.4 is 0 Å². The minimum absolute atomic E-state index is 0.0312. The monoisotopic (exact) mass is 276 g/mol. The predicted octanol–water partition coefficient (Wildman–Crippen LogP) is 2.75. The Bertz CT molecular complexity index is 429. The quantitative estimate of drug-likeness (QED) is 0.919. The number of ether oxygens (including phenoxy) is 2. The van der Waals surface area contributed by atoms with E-state index in [1.165, 1.54) is 0 Å². The Balaban J connectivity index is 2.12. The first-order chi connectivity index (χ1) is 9.67. The van der Waals surface area contributed by atoms with Crippen molar-refractivity contribution in [1.29, 1.82) is 0 Å². The number of methoxy groups -OCH3 is 1. The minimum atomic E-state index is -0.165. The molecule has 0 spiro atoms. The van der Waals surface area contributed by atoms with Crippen LogP contribution in [0.3, 0.4) is 0 Å². The molecule has 0 radical (unpaired) electrons. The smallest absolute Gasteiger partial charge is 0.0864 e. The van der Waals surface area contributed by atoms with E-state index >= 15 is 0 Å². The molecular weight excluding hydrogens is 252 g/mol. The molecule has 1 aromatic rings. The van der Waals surface area contributed by atoms with Gasteiger partial charge in [-0.2, -0.15) is 0 Å². The Morgan fingerprint density at radius 3 is 2.50 bits per heavy atom. The second-order valence-electron chi connectivity index (χ2n) is 5.51. The molecule has 0 bridgehead atoms. The van der Waals surface area contributed by atoms with Crippen molar-refractivity contribution in [3.05, 3.63) is 42.0 Å². The molecule has 1 heterocycles. The van der Waals surface area contributed by atoms with Crippen LogP contribution in [0.25, 0.3) is 6.08 Å². The molecule has 0 saturated carbocycles. The Kier molecular flexibility index (Phi) is 5.35. The first-order valence-electron chi connectivity index (χ1n) is 7.19. The van der Waals surface area contributed by atoms with E-state index in [-0.39, 0.29) is 36.8 Å². The summed E-state index contributed by atoms with van der Waals surface area (Å²) in [5.74, 6) is 0.458. The van der Waals surface area contributed by atoms with Crippen molar-refractivity contribution >= 4 is 6.08 Å². The highest BCUT2D eigenvalue weighted by atomic mass is 16.5. The summed E-state index contributed by atoms with van der Waals surface area (Å²) in [4.78, 5) is 0. The number of aliphatic hydroxyl groups is 1. The van der Waals surface area contributed by atoms with Crippen LogP contribution in [0.4, 0.5) is 0 Å². The summed E-state index contributed by atoms with van der Waals surface area (Å²) in [7, 11) is 1.73. The van der Waals surface area contributed by atoms with Crippen LogP contribution in [0.15, 0.2) is 36.4 Å². The number of hydrogen-bond donors (Lipinski definition) is 1. The molecule has 0 unspecified atom stereocenters. The maximum absolute atomic E-state index is 9.46. The van der Waals surface area contributed by atoms with Gasteiger partial charge in [0.05, 0.1) is 24.9 Å². The maximum atomic E-state index is 9.46. The summed E-state index contributed by atoms with van der Waals surface area (Å²) < 4.78 is 11.6. The zero-order chi connectivity index (χ0) is 14.5. The van der Waals surface area contributed by atoms with Gasteiger partial charge in [-0.15, -0.1) is 0 Å². The lowest BCUT2D eigenvalue weighted by Crippen LogP contribution is -2.50. The molecule has 0 amide bonds. The van der Waals surface area contributed by atoms with Crippen LogP contribution in [-0.4, -0.2) is 37.1 Å². The molecule has 1 fully saturated rings. The third-order valence-electron chi connectivity index (χ3n) is 4.20. The van der Waals surface area contributed by atoms with Crippen LogP contribution in [0.5, 0.6) is 0 Å². The minimum Gasteiger partial charge on any atom is -0.394 e. The van der Waals surface area contributed by atoms with E-state index < -0.39 is 0 Å². The summed E-state index contributed by atoms with van der Waals surface area (Å²) in [6, 6.07) is 10.2. The highest BCUT2D eigenvalue weighted by Gasteiger charge is 2.40. The van der Waals surface area contributed by atoms with Crippen LogP contribution in [-0.2, 0) is 9.47 Å². The van der Waals surface area contributed by atoms with E-state index in [2.05, 4.69) is 38.1 Å². The number of benzene rings is 1. The molecule has 3 nitrogen and oxygen atoms in total. The fraction of sp³-hybridized carbons (Fsp3) is 0.529. The van der Waals surface area contributed by atoms with Crippen LogP contribution >= 0.6 is 0 Å². The van der Waals surface area contributed by atoms with Gasteiger partial charge < -0.3 is 14.6 Å². The van der Waals surface area contributed by atoms with Gasteiger partial charge in [0.25, 0.3) is 0 Å². The lowest BCUT2D eigenvalue weighted by molar-refractivity contribution is -0.167. The van der Waals surface area contributed by atoms with Crippen LogP contribution in [0.1, 0.15) is 19.4 Å². The highest BCUT2D eigenvalue weighted by Crippen LogP contribution is 2.32. The number of aliphatic hydroxyl groups excluding tert-OH is 1. The third kappa shape index (κ3) is 3.29. The maximum Gasteiger partial charge on any atom is 0.0864 e. The van der Waals surface area contributed by atoms with E-state index in [4.69, 9.17) is 9.47 Å². The van der Waals surface area contributed by atoms with Gasteiger partial charge in [-0.25, -0.2) is 0 Å². The van der Waals surface area contributed by atoms with Crippen molar-refractivity contribution < 1.29 is 14.6 Å². The Morgan fingerprint density at radius 2 is 1.90 bits per heavy atom. The van der Waals surface area contributed by atoms with Gasteiger partial charge in [-0.3, -0.25) is 0 Å². The molecule has 1 saturated heterocycles. The van der Waals surface area contributed by atoms with Gasteiger partial charge >= 0.3 is 0 Å². The van der Waals surface area contributed by atoms with Crippen molar-refractivity contribution in [1.82, 2.24) is 0 Å². The highest BCUT2D eigenvalue weighted by molar-refractivity contribution is 5.49. The average molecular weight is 276 g/mol. The van der Waals surface area contributed by atoms with Crippen molar-refractivity contribution in [3.8, 4) is 0 Å². The Morgan fingerprint density at radius 1 is 1.20 bits per heavy atom. The molecule has 3 heteroatoms. The molecule has 0 aromatic heterocycles. The van der Waals surface area contributed by atoms with E-state index in [9.17, 15) is 5.11 Å².